The maximum Gasteiger partial charge on any atom is 0.298 e. The maximum atomic E-state index is 11.1. The summed E-state index contributed by atoms with van der Waals surface area (Å²) < 4.78 is 75.5. The van der Waals surface area contributed by atoms with E-state index in [0.29, 0.717) is 64.3 Å². The molecule has 412 valence electrons. The first-order valence-corrected chi connectivity index (χ1v) is 26.3. The minimum Gasteiger partial charge on any atom is -0.707 e. The third-order valence-electron chi connectivity index (χ3n) is 8.43. The van der Waals surface area contributed by atoms with E-state index in [2.05, 4.69) is 43.7 Å². The van der Waals surface area contributed by atoms with Crippen molar-refractivity contribution in [3.8, 4) is 5.75 Å². The van der Waals surface area contributed by atoms with E-state index in [-0.39, 0.29) is 11.4 Å². The van der Waals surface area contributed by atoms with Gasteiger partial charge in [0, 0.05) is 55.8 Å². The second-order valence-electron chi connectivity index (χ2n) is 15.3. The fourth-order valence-electron chi connectivity index (χ4n) is 4.93. The summed E-state index contributed by atoms with van der Waals surface area (Å²) in [5.74, 6) is 0.529. The van der Waals surface area contributed by atoms with E-state index in [9.17, 15) is 35.4 Å². The van der Waals surface area contributed by atoms with Crippen LogP contribution in [0.15, 0.2) is 147 Å². The fourth-order valence-corrected chi connectivity index (χ4v) is 4.93. The fraction of sp³-hybridized carbons (Fsp3) is 0.233. The number of hydrogen-bond donors (Lipinski definition) is 4. The highest BCUT2D eigenvalue weighted by Crippen LogP contribution is 2.35. The third-order valence-corrected chi connectivity index (χ3v) is 9.17. The number of nitro benzene ring substituents is 1. The molecule has 30 nitrogen and oxygen atoms in total. The highest BCUT2D eigenvalue weighted by atomic mass is 32.2. The number of benzene rings is 3. The minimum absolute atomic E-state index is 0.0646. The first-order chi connectivity index (χ1) is 35.3. The number of ether oxygens (including phenoxy) is 1. The first kappa shape index (κ1) is 65.7. The Kier molecular flexibility index (Phi) is 27.2. The summed E-state index contributed by atoms with van der Waals surface area (Å²) >= 11 is 0. The van der Waals surface area contributed by atoms with Crippen LogP contribution in [0.4, 0.5) is 68.2 Å². The molecule has 0 radical (unpaired) electrons. The van der Waals surface area contributed by atoms with Gasteiger partial charge in [0.25, 0.3) is 36.0 Å². The zero-order valence-corrected chi connectivity index (χ0v) is 45.0. The van der Waals surface area contributed by atoms with Crippen LogP contribution in [0.2, 0.25) is 0 Å². The number of methoxy groups -OCH3 is 1. The van der Waals surface area contributed by atoms with E-state index in [1.54, 1.807) is 54.6 Å². The van der Waals surface area contributed by atoms with Gasteiger partial charge in [-0.3, -0.25) is 10.1 Å². The van der Waals surface area contributed by atoms with Crippen LogP contribution >= 0.6 is 0 Å². The summed E-state index contributed by atoms with van der Waals surface area (Å²) in [6, 6.07) is 22.8. The summed E-state index contributed by atoms with van der Waals surface area (Å²) in [5.41, 5.74) is 30.5. The maximum absolute atomic E-state index is 11.1. The van der Waals surface area contributed by atoms with E-state index in [1.807, 2.05) is 123 Å². The molecule has 8 N–H and O–H groups in total. The molecule has 0 aliphatic carbocycles. The predicted octanol–water partition coefficient (Wildman–Crippen LogP) is 2.11. The molecule has 0 amide bonds. The van der Waals surface area contributed by atoms with Gasteiger partial charge in [-0.05, 0) is 61.0 Å². The molecule has 0 aliphatic heterocycles. The van der Waals surface area contributed by atoms with E-state index >= 15 is 0 Å². The average Bonchev–Trinajstić information content (AvgIpc) is 3.34. The molecular weight excluding hydrogens is 1060 g/mol. The quantitative estimate of drug-likeness (QED) is 0.0340. The Morgan fingerprint density at radius 2 is 0.895 bits per heavy atom. The van der Waals surface area contributed by atoms with E-state index < -0.39 is 35.3 Å². The summed E-state index contributed by atoms with van der Waals surface area (Å²) in [5, 5.41) is 62.3. The summed E-state index contributed by atoms with van der Waals surface area (Å²) in [7, 11) is -0.248. The van der Waals surface area contributed by atoms with Crippen molar-refractivity contribution >= 4 is 98.6 Å². The lowest BCUT2D eigenvalue weighted by Crippen LogP contribution is -2.25. The monoisotopic (exact) mass is 1120 g/mol. The average molecular weight is 1120 g/mol. The number of anilines is 5. The second kappa shape index (κ2) is 31.5. The molecule has 0 atom stereocenters. The van der Waals surface area contributed by atoms with Gasteiger partial charge < -0.3 is 61.3 Å². The molecule has 33 heteroatoms. The van der Waals surface area contributed by atoms with Crippen LogP contribution in [0.3, 0.4) is 0 Å². The smallest absolute Gasteiger partial charge is 0.298 e. The Balaban J connectivity index is 0.000000491. The van der Waals surface area contributed by atoms with Gasteiger partial charge in [0.2, 0.25) is 0 Å². The Labute approximate surface area is 438 Å². The number of nitrogens with two attached hydrogens (primary N) is 4. The van der Waals surface area contributed by atoms with Crippen LogP contribution in [-0.4, -0.2) is 70.1 Å². The Hall–Kier alpha value is -8.28. The molecule has 0 aliphatic rings. The molecule has 3 aromatic carbocycles. The first-order valence-electron chi connectivity index (χ1n) is 20.8. The highest BCUT2D eigenvalue weighted by Gasteiger charge is 2.15. The largest absolute Gasteiger partial charge is 0.707 e. The number of nitro groups is 1. The van der Waals surface area contributed by atoms with E-state index in [0.717, 1.165) is 22.6 Å². The third kappa shape index (κ3) is 27.1. The highest BCUT2D eigenvalue weighted by molar-refractivity contribution is 7.86. The number of hydrogen-bond acceptors (Lipinski definition) is 26. The van der Waals surface area contributed by atoms with Gasteiger partial charge in [0.1, 0.15) is 55.3 Å². The Morgan fingerprint density at radius 1 is 0.539 bits per heavy atom. The molecule has 0 saturated heterocycles. The van der Waals surface area contributed by atoms with E-state index in [4.69, 9.17) is 43.4 Å². The SMILES string of the molecule is CN(C)c1ccc(N=Nc2ccc[n+](C)c2)c([N+](=O)[O-])c1.COc1cc(N=Nc2ccc[n+](C)c2)c(N)cc1N.CS(=O)(=O)O[O-].CS(=O)(=O)O[O-].CS(=O)(=O)O[O-].Cc1cc(N=Nc2ccc[n+](C)c2)c(N)cc1N. The molecule has 0 spiro atoms. The molecule has 0 unspecified atom stereocenters. The van der Waals surface area contributed by atoms with Crippen molar-refractivity contribution in [1.29, 1.82) is 0 Å². The number of aromatic nitrogens is 3. The van der Waals surface area contributed by atoms with Crippen LogP contribution < -0.4 is 62.0 Å². The van der Waals surface area contributed by atoms with Crippen molar-refractivity contribution < 1.29 is 77.4 Å². The Bertz CT molecular complexity index is 3240. The number of aryl methyl sites for hydroxylation is 4. The van der Waals surface area contributed by atoms with Crippen molar-refractivity contribution in [2.75, 3.05) is 67.8 Å². The molecule has 76 heavy (non-hydrogen) atoms. The van der Waals surface area contributed by atoms with Gasteiger partial charge in [0.15, 0.2) is 42.9 Å². The van der Waals surface area contributed by atoms with Crippen molar-refractivity contribution in [3.63, 3.8) is 0 Å². The van der Waals surface area contributed by atoms with Crippen LogP contribution in [0.1, 0.15) is 5.56 Å². The normalized spacial score (nSPS) is 11.1. The molecule has 6 aromatic rings. The predicted molar refractivity (Wildman–Crippen MR) is 272 cm³/mol. The Morgan fingerprint density at radius 3 is 1.22 bits per heavy atom. The zero-order valence-electron chi connectivity index (χ0n) is 42.5. The lowest BCUT2D eigenvalue weighted by atomic mass is 10.1. The van der Waals surface area contributed by atoms with Crippen LogP contribution in [-0.2, 0) is 64.5 Å². The van der Waals surface area contributed by atoms with Crippen LogP contribution in [0, 0.1) is 17.0 Å². The molecule has 3 heterocycles. The van der Waals surface area contributed by atoms with Crippen LogP contribution in [0.5, 0.6) is 5.75 Å². The summed E-state index contributed by atoms with van der Waals surface area (Å²) in [4.78, 5) is 12.5. The van der Waals surface area contributed by atoms with Crippen LogP contribution in [0.25, 0.3) is 0 Å². The van der Waals surface area contributed by atoms with Gasteiger partial charge >= 0.3 is 0 Å². The molecule has 0 bridgehead atoms. The van der Waals surface area contributed by atoms with Crippen molar-refractivity contribution in [2.45, 2.75) is 6.92 Å². The van der Waals surface area contributed by atoms with Crippen molar-refractivity contribution in [3.05, 3.63) is 132 Å². The zero-order chi connectivity index (χ0) is 58.0. The summed E-state index contributed by atoms with van der Waals surface area (Å²) in [6.07, 6.45) is 13.3. The standard InChI is InChI=1S/C14H16N5O2.C13H16N5O.C13H16N5.3CH4O4S/c1-17(2)12-6-7-13(14(9-12)19(20)21)16-15-11-5-4-8-18(3)10-11;1-18-5-3-4-9(8-18)16-17-12-7-13(19-2)11(15)6-10(12)14;1-9-6-13(12(15)7-11(9)14)17-16-10-4-3-5-18(2)8-10;3*1-6(3,4)5-2/h4-10H,1-3H3;3-8H,14-15H2,1-2H3;3-8H,14-15H2,1-2H3;3*2H,1H3/q3*+1;;;/p-3. The van der Waals surface area contributed by atoms with Crippen molar-refractivity contribution in [2.24, 2.45) is 51.8 Å². The van der Waals surface area contributed by atoms with Crippen molar-refractivity contribution in [1.82, 2.24) is 0 Å². The van der Waals surface area contributed by atoms with E-state index in [1.165, 1.54) is 6.07 Å². The van der Waals surface area contributed by atoms with Gasteiger partial charge in [0.05, 0.1) is 47.9 Å². The minimum atomic E-state index is -3.72. The van der Waals surface area contributed by atoms with Gasteiger partial charge in [-0.1, -0.05) is 0 Å². The number of pyridine rings is 3. The second-order valence-corrected chi connectivity index (χ2v) is 20.0. The molecular formula is C43H57N15O15S3. The number of nitrogen functional groups attached to an aromatic ring is 4. The van der Waals surface area contributed by atoms with Gasteiger partial charge in [-0.15, -0.1) is 30.7 Å². The topological polar surface area (TPSA) is 445 Å². The van der Waals surface area contributed by atoms with Gasteiger partial charge in [-0.25, -0.2) is 39.0 Å². The molecule has 3 aromatic heterocycles. The number of rotatable bonds is 12. The number of nitrogens with zero attached hydrogens (tertiary/aromatic N) is 11. The lowest BCUT2D eigenvalue weighted by molar-refractivity contribution is -0.671. The van der Waals surface area contributed by atoms with Gasteiger partial charge in [-0.2, -0.15) is 0 Å². The molecule has 0 fully saturated rings. The molecule has 6 rings (SSSR count). The summed E-state index contributed by atoms with van der Waals surface area (Å²) in [6.45, 7) is 1.91. The lowest BCUT2D eigenvalue weighted by Gasteiger charge is -2.11. The molecule has 0 saturated carbocycles. The number of azo groups is 3.